The van der Waals surface area contributed by atoms with E-state index in [1.807, 2.05) is 13.8 Å². The van der Waals surface area contributed by atoms with Crippen LogP contribution in [0.3, 0.4) is 0 Å². The van der Waals surface area contributed by atoms with Gasteiger partial charge in [0.25, 0.3) is 0 Å². The van der Waals surface area contributed by atoms with Crippen molar-refractivity contribution in [3.8, 4) is 0 Å². The zero-order chi connectivity index (χ0) is 12.4. The molecular formula is C10H24NO3PS. The molecule has 0 bridgehead atoms. The summed E-state index contributed by atoms with van der Waals surface area (Å²) in [6, 6.07) is 0. The molecule has 0 aromatic carbocycles. The van der Waals surface area contributed by atoms with Crippen molar-refractivity contribution in [2.45, 2.75) is 27.7 Å². The third-order valence-corrected chi connectivity index (χ3v) is 6.08. The van der Waals surface area contributed by atoms with Crippen molar-refractivity contribution < 1.29 is 13.6 Å². The van der Waals surface area contributed by atoms with Gasteiger partial charge in [0, 0.05) is 12.3 Å². The molecule has 98 valence electrons. The highest BCUT2D eigenvalue weighted by Gasteiger charge is 2.24. The smallest absolute Gasteiger partial charge is 0.303 e. The van der Waals surface area contributed by atoms with E-state index in [2.05, 4.69) is 18.7 Å². The summed E-state index contributed by atoms with van der Waals surface area (Å²) in [6.07, 6.45) is 0. The highest BCUT2D eigenvalue weighted by Crippen LogP contribution is 2.60. The Kier molecular flexibility index (Phi) is 9.76. The highest BCUT2D eigenvalue weighted by atomic mass is 32.7. The summed E-state index contributed by atoms with van der Waals surface area (Å²) in [5.41, 5.74) is 0. The van der Waals surface area contributed by atoms with Gasteiger partial charge in [0.05, 0.1) is 13.2 Å². The Labute approximate surface area is 103 Å². The molecule has 0 radical (unpaired) electrons. The topological polar surface area (TPSA) is 38.8 Å². The van der Waals surface area contributed by atoms with Crippen LogP contribution in [0, 0.1) is 0 Å². The molecule has 0 aliphatic carbocycles. The van der Waals surface area contributed by atoms with Gasteiger partial charge in [-0.1, -0.05) is 13.8 Å². The van der Waals surface area contributed by atoms with Gasteiger partial charge in [-0.25, -0.2) is 4.57 Å². The molecular weight excluding hydrogens is 245 g/mol. The summed E-state index contributed by atoms with van der Waals surface area (Å²) in [5.74, 6) is 0.777. The second kappa shape index (κ2) is 9.49. The Bertz CT molecular complexity index is 202. The maximum absolute atomic E-state index is 12.1. The van der Waals surface area contributed by atoms with Gasteiger partial charge in [-0.15, -0.1) is 0 Å². The molecule has 0 amide bonds. The van der Waals surface area contributed by atoms with Gasteiger partial charge in [0.15, 0.2) is 0 Å². The molecule has 4 nitrogen and oxygen atoms in total. The largest absolute Gasteiger partial charge is 0.389 e. The van der Waals surface area contributed by atoms with E-state index in [4.69, 9.17) is 9.05 Å². The standard InChI is InChI=1S/C10H24NO3PS/c1-5-11(6-2)9-10-16-15(12,13-7-3)14-8-4/h5-10H2,1-4H3. The SMILES string of the molecule is CCOP(=O)(OCC)SCCN(CC)CC. The lowest BCUT2D eigenvalue weighted by Gasteiger charge is -2.20. The van der Waals surface area contributed by atoms with Crippen LogP contribution in [0.4, 0.5) is 0 Å². The van der Waals surface area contributed by atoms with Gasteiger partial charge in [-0.2, -0.15) is 0 Å². The third-order valence-electron chi connectivity index (χ3n) is 2.13. The molecule has 0 spiro atoms. The fourth-order valence-electron chi connectivity index (χ4n) is 1.25. The first-order valence-electron chi connectivity index (χ1n) is 5.87. The monoisotopic (exact) mass is 269 g/mol. The minimum Gasteiger partial charge on any atom is -0.303 e. The average Bonchev–Trinajstić information content (AvgIpc) is 2.25. The molecule has 0 atom stereocenters. The number of rotatable bonds is 10. The van der Waals surface area contributed by atoms with Crippen LogP contribution < -0.4 is 0 Å². The van der Waals surface area contributed by atoms with Crippen LogP contribution in [0.2, 0.25) is 0 Å². The fourth-order valence-corrected chi connectivity index (χ4v) is 4.66. The molecule has 0 fully saturated rings. The molecule has 0 saturated carbocycles. The van der Waals surface area contributed by atoms with Crippen LogP contribution in [0.5, 0.6) is 0 Å². The Morgan fingerprint density at radius 1 is 1.06 bits per heavy atom. The highest BCUT2D eigenvalue weighted by molar-refractivity contribution is 8.55. The summed E-state index contributed by atoms with van der Waals surface area (Å²) < 4.78 is 22.5. The molecule has 0 N–H and O–H groups in total. The van der Waals surface area contributed by atoms with E-state index in [9.17, 15) is 4.57 Å². The van der Waals surface area contributed by atoms with E-state index in [0.717, 1.165) is 25.4 Å². The predicted octanol–water partition coefficient (Wildman–Crippen LogP) is 3.24. The van der Waals surface area contributed by atoms with E-state index < -0.39 is 6.80 Å². The minimum atomic E-state index is -2.91. The van der Waals surface area contributed by atoms with Gasteiger partial charge in [-0.05, 0) is 38.3 Å². The minimum absolute atomic E-state index is 0.426. The number of hydrogen-bond donors (Lipinski definition) is 0. The van der Waals surface area contributed by atoms with Crippen molar-refractivity contribution in [2.24, 2.45) is 0 Å². The van der Waals surface area contributed by atoms with Gasteiger partial charge in [0.2, 0.25) is 0 Å². The first kappa shape index (κ1) is 16.5. The number of hydrogen-bond acceptors (Lipinski definition) is 5. The zero-order valence-corrected chi connectivity index (χ0v) is 12.5. The predicted molar refractivity (Wildman–Crippen MR) is 71.1 cm³/mol. The van der Waals surface area contributed by atoms with Gasteiger partial charge in [-0.3, -0.25) is 0 Å². The summed E-state index contributed by atoms with van der Waals surface area (Å²) in [4.78, 5) is 2.29. The normalized spacial score (nSPS) is 12.3. The summed E-state index contributed by atoms with van der Waals surface area (Å²) in [7, 11) is 0. The van der Waals surface area contributed by atoms with Gasteiger partial charge in [0.1, 0.15) is 0 Å². The van der Waals surface area contributed by atoms with Crippen LogP contribution in [-0.4, -0.2) is 43.5 Å². The van der Waals surface area contributed by atoms with Crippen LogP contribution in [0.15, 0.2) is 0 Å². The van der Waals surface area contributed by atoms with Crippen molar-refractivity contribution in [3.63, 3.8) is 0 Å². The van der Waals surface area contributed by atoms with Crippen LogP contribution in [-0.2, 0) is 13.6 Å². The molecule has 6 heteroatoms. The lowest BCUT2D eigenvalue weighted by Crippen LogP contribution is -2.25. The van der Waals surface area contributed by atoms with E-state index in [1.54, 1.807) is 0 Å². The summed E-state index contributed by atoms with van der Waals surface area (Å²) >= 11 is 1.30. The lowest BCUT2D eigenvalue weighted by atomic mass is 10.5. The average molecular weight is 269 g/mol. The van der Waals surface area contributed by atoms with Crippen molar-refractivity contribution in [3.05, 3.63) is 0 Å². The van der Waals surface area contributed by atoms with E-state index in [-0.39, 0.29) is 0 Å². The second-order valence-corrected chi connectivity index (χ2v) is 7.34. The molecule has 0 saturated heterocycles. The first-order chi connectivity index (χ1) is 7.61. The van der Waals surface area contributed by atoms with Crippen molar-refractivity contribution >= 4 is 18.2 Å². The van der Waals surface area contributed by atoms with E-state index in [0.29, 0.717) is 13.2 Å². The van der Waals surface area contributed by atoms with Crippen molar-refractivity contribution in [2.75, 3.05) is 38.6 Å². The molecule has 0 unspecified atom stereocenters. The van der Waals surface area contributed by atoms with Crippen LogP contribution >= 0.6 is 18.2 Å². The first-order valence-corrected chi connectivity index (χ1v) is 9.01. The number of nitrogens with zero attached hydrogens (tertiary/aromatic N) is 1. The maximum Gasteiger partial charge on any atom is 0.389 e. The molecule has 0 heterocycles. The molecule has 0 rings (SSSR count). The zero-order valence-electron chi connectivity index (χ0n) is 10.8. The Morgan fingerprint density at radius 3 is 1.94 bits per heavy atom. The van der Waals surface area contributed by atoms with E-state index >= 15 is 0 Å². The summed E-state index contributed by atoms with van der Waals surface area (Å²) in [5, 5.41) is 0. The van der Waals surface area contributed by atoms with Crippen molar-refractivity contribution in [1.29, 1.82) is 0 Å². The lowest BCUT2D eigenvalue weighted by molar-refractivity contribution is 0.236. The Hall–Kier alpha value is 0.460. The van der Waals surface area contributed by atoms with Crippen molar-refractivity contribution in [1.82, 2.24) is 4.90 Å². The maximum atomic E-state index is 12.1. The molecule has 0 aromatic rings. The Morgan fingerprint density at radius 2 is 1.56 bits per heavy atom. The molecule has 0 aliphatic heterocycles. The quantitative estimate of drug-likeness (QED) is 0.569. The molecule has 0 aromatic heterocycles. The Balaban J connectivity index is 3.97. The third kappa shape index (κ3) is 6.92. The van der Waals surface area contributed by atoms with Gasteiger partial charge < -0.3 is 13.9 Å². The summed E-state index contributed by atoms with van der Waals surface area (Å²) in [6.45, 7) is 8.81. The van der Waals surface area contributed by atoms with E-state index in [1.165, 1.54) is 11.4 Å². The van der Waals surface area contributed by atoms with Crippen LogP contribution in [0.1, 0.15) is 27.7 Å². The van der Waals surface area contributed by atoms with Gasteiger partial charge >= 0.3 is 6.80 Å². The molecule has 16 heavy (non-hydrogen) atoms. The molecule has 0 aliphatic rings. The fraction of sp³-hybridized carbons (Fsp3) is 1.00. The second-order valence-electron chi connectivity index (χ2n) is 3.14. The van der Waals surface area contributed by atoms with Crippen LogP contribution in [0.25, 0.3) is 0 Å².